The fraction of sp³-hybridized carbons (Fsp3) is 0.217. The molecule has 2 aromatic carbocycles. The lowest BCUT2D eigenvalue weighted by Gasteiger charge is -2.16. The zero-order chi connectivity index (χ0) is 23.8. The molecule has 0 spiro atoms. The molecule has 2 amide bonds. The molecule has 33 heavy (non-hydrogen) atoms. The molecule has 0 bridgehead atoms. The summed E-state index contributed by atoms with van der Waals surface area (Å²) in [4.78, 5) is 48.2. The van der Waals surface area contributed by atoms with E-state index in [-0.39, 0.29) is 18.8 Å². The number of amides is 2. The second kappa shape index (κ2) is 10.9. The van der Waals surface area contributed by atoms with Crippen molar-refractivity contribution in [3.05, 3.63) is 76.1 Å². The number of nitrogens with one attached hydrogen (secondary N) is 2. The topological polar surface area (TPSA) is 144 Å². The molecule has 3 rings (SSSR count). The fourth-order valence-electron chi connectivity index (χ4n) is 2.97. The maximum atomic E-state index is 12.4. The van der Waals surface area contributed by atoms with Crippen molar-refractivity contribution in [2.75, 3.05) is 18.5 Å². The van der Waals surface area contributed by atoms with E-state index >= 15 is 0 Å². The maximum absolute atomic E-state index is 12.4. The number of hydrogen-bond acceptors (Lipinski definition) is 8. The smallest absolute Gasteiger partial charge is 0.411 e. The summed E-state index contributed by atoms with van der Waals surface area (Å²) in [6.07, 6.45) is -0.656. The van der Waals surface area contributed by atoms with Crippen LogP contribution in [-0.4, -0.2) is 42.3 Å². The van der Waals surface area contributed by atoms with E-state index in [9.17, 15) is 24.3 Å². The van der Waals surface area contributed by atoms with Gasteiger partial charge in [-0.1, -0.05) is 18.2 Å². The van der Waals surface area contributed by atoms with E-state index in [4.69, 9.17) is 13.9 Å². The Morgan fingerprint density at radius 2 is 1.82 bits per heavy atom. The second-order valence-corrected chi connectivity index (χ2v) is 6.83. The highest BCUT2D eigenvalue weighted by Gasteiger charge is 2.22. The monoisotopic (exact) mass is 454 g/mol. The molecule has 0 saturated carbocycles. The predicted octanol–water partition coefficient (Wildman–Crippen LogP) is 2.20. The summed E-state index contributed by atoms with van der Waals surface area (Å²) >= 11 is 0. The van der Waals surface area contributed by atoms with Gasteiger partial charge in [0.15, 0.2) is 6.04 Å². The number of fused-ring (bicyclic) bond motifs is 1. The Hall–Kier alpha value is -4.18. The minimum atomic E-state index is -1.29. The molecule has 10 heteroatoms. The number of aliphatic hydroxyl groups excluding tert-OH is 1. The molecular formula is C23H22N2O8. The van der Waals surface area contributed by atoms with Gasteiger partial charge in [-0.15, -0.1) is 0 Å². The van der Waals surface area contributed by atoms with Crippen molar-refractivity contribution in [1.82, 2.24) is 5.32 Å². The van der Waals surface area contributed by atoms with Crippen LogP contribution in [0, 0.1) is 0 Å². The minimum absolute atomic E-state index is 0.166. The lowest BCUT2D eigenvalue weighted by molar-refractivity contribution is -0.148. The molecule has 0 fully saturated rings. The van der Waals surface area contributed by atoms with Gasteiger partial charge in [0.1, 0.15) is 12.2 Å². The Morgan fingerprint density at radius 1 is 1.06 bits per heavy atom. The summed E-state index contributed by atoms with van der Waals surface area (Å²) in [6.45, 7) is 0.896. The van der Waals surface area contributed by atoms with E-state index in [2.05, 4.69) is 10.6 Å². The first kappa shape index (κ1) is 23.5. The zero-order valence-corrected chi connectivity index (χ0v) is 17.7. The number of ether oxygens (including phenoxy) is 2. The molecule has 0 aliphatic heterocycles. The van der Waals surface area contributed by atoms with Crippen molar-refractivity contribution >= 4 is 34.6 Å². The first-order chi connectivity index (χ1) is 15.9. The Labute approximate surface area is 188 Å². The van der Waals surface area contributed by atoms with Gasteiger partial charge in [0.25, 0.3) is 5.91 Å². The lowest BCUT2D eigenvalue weighted by atomic mass is 10.1. The third-order valence-corrected chi connectivity index (χ3v) is 4.53. The third-order valence-electron chi connectivity index (χ3n) is 4.53. The van der Waals surface area contributed by atoms with Gasteiger partial charge < -0.3 is 24.3 Å². The van der Waals surface area contributed by atoms with Crippen LogP contribution < -0.4 is 16.3 Å². The zero-order valence-electron chi connectivity index (χ0n) is 17.7. The van der Waals surface area contributed by atoms with Crippen molar-refractivity contribution in [2.45, 2.75) is 19.6 Å². The molecule has 3 aromatic rings. The molecule has 10 nitrogen and oxygen atoms in total. The SMILES string of the molecule is CCOC(=O)Nc1ccc2c(COC(=O)C(CO)NC(=O)c3ccccc3)cc(=O)oc2c1. The van der Waals surface area contributed by atoms with E-state index in [1.54, 1.807) is 49.4 Å². The molecule has 3 N–H and O–H groups in total. The van der Waals surface area contributed by atoms with Gasteiger partial charge in [0.05, 0.1) is 13.2 Å². The van der Waals surface area contributed by atoms with Crippen LogP contribution in [0.1, 0.15) is 22.8 Å². The Balaban J connectivity index is 1.71. The normalized spacial score (nSPS) is 11.5. The van der Waals surface area contributed by atoms with Crippen LogP contribution in [0.5, 0.6) is 0 Å². The summed E-state index contributed by atoms with van der Waals surface area (Å²) < 4.78 is 15.2. The summed E-state index contributed by atoms with van der Waals surface area (Å²) in [5.74, 6) is -1.41. The molecular weight excluding hydrogens is 432 g/mol. The van der Waals surface area contributed by atoms with E-state index in [1.807, 2.05) is 0 Å². The lowest BCUT2D eigenvalue weighted by Crippen LogP contribution is -2.44. The Bertz CT molecular complexity index is 1210. The number of rotatable bonds is 8. The van der Waals surface area contributed by atoms with Crippen molar-refractivity contribution in [2.24, 2.45) is 0 Å². The van der Waals surface area contributed by atoms with Crippen LogP contribution >= 0.6 is 0 Å². The van der Waals surface area contributed by atoms with Crippen molar-refractivity contribution in [3.8, 4) is 0 Å². The minimum Gasteiger partial charge on any atom is -0.459 e. The fourth-order valence-corrected chi connectivity index (χ4v) is 2.97. The number of carbonyl (C=O) groups excluding carboxylic acids is 3. The molecule has 1 heterocycles. The molecule has 0 aliphatic carbocycles. The molecule has 1 unspecified atom stereocenters. The quantitative estimate of drug-likeness (QED) is 0.347. The highest BCUT2D eigenvalue weighted by atomic mass is 16.5. The summed E-state index contributed by atoms with van der Waals surface area (Å²) in [6, 6.07) is 12.7. The summed E-state index contributed by atoms with van der Waals surface area (Å²) in [7, 11) is 0. The Morgan fingerprint density at radius 3 is 2.52 bits per heavy atom. The highest BCUT2D eigenvalue weighted by molar-refractivity contribution is 5.96. The van der Waals surface area contributed by atoms with Crippen LogP contribution in [-0.2, 0) is 20.9 Å². The van der Waals surface area contributed by atoms with E-state index in [0.717, 1.165) is 0 Å². The van der Waals surface area contributed by atoms with E-state index in [1.165, 1.54) is 12.1 Å². The number of hydrogen-bond donors (Lipinski definition) is 3. The maximum Gasteiger partial charge on any atom is 0.411 e. The van der Waals surface area contributed by atoms with Crippen molar-refractivity contribution in [3.63, 3.8) is 0 Å². The standard InChI is InChI=1S/C23H22N2O8/c1-2-31-23(30)24-16-8-9-17-15(10-20(27)33-19(17)11-16)13-32-22(29)18(12-26)25-21(28)14-6-4-3-5-7-14/h3-11,18,26H,2,12-13H2,1H3,(H,24,30)(H,25,28). The van der Waals surface area contributed by atoms with Gasteiger partial charge in [0.2, 0.25) is 0 Å². The van der Waals surface area contributed by atoms with Crippen molar-refractivity contribution in [1.29, 1.82) is 0 Å². The second-order valence-electron chi connectivity index (χ2n) is 6.83. The number of aliphatic hydroxyl groups is 1. The molecule has 1 atom stereocenters. The van der Waals surface area contributed by atoms with Crippen LogP contribution in [0.25, 0.3) is 11.0 Å². The van der Waals surface area contributed by atoms with Gasteiger partial charge in [-0.3, -0.25) is 10.1 Å². The van der Waals surface area contributed by atoms with Crippen LogP contribution in [0.4, 0.5) is 10.5 Å². The highest BCUT2D eigenvalue weighted by Crippen LogP contribution is 2.22. The molecule has 172 valence electrons. The third kappa shape index (κ3) is 6.17. The largest absolute Gasteiger partial charge is 0.459 e. The van der Waals surface area contributed by atoms with E-state index < -0.39 is 36.2 Å². The van der Waals surface area contributed by atoms with Gasteiger partial charge >= 0.3 is 17.7 Å². The van der Waals surface area contributed by atoms with Gasteiger partial charge in [-0.25, -0.2) is 14.4 Å². The van der Waals surface area contributed by atoms with Crippen LogP contribution in [0.3, 0.4) is 0 Å². The summed E-state index contributed by atoms with van der Waals surface area (Å²) in [5, 5.41) is 14.9. The summed E-state index contributed by atoms with van der Waals surface area (Å²) in [5.41, 5.74) is 0.505. The first-order valence-electron chi connectivity index (χ1n) is 10.0. The molecule has 0 aliphatic rings. The average Bonchev–Trinajstić information content (AvgIpc) is 2.81. The van der Waals surface area contributed by atoms with Crippen LogP contribution in [0.2, 0.25) is 0 Å². The number of esters is 1. The van der Waals surface area contributed by atoms with Crippen molar-refractivity contribution < 1.29 is 33.4 Å². The number of carbonyl (C=O) groups is 3. The Kier molecular flexibility index (Phi) is 7.77. The van der Waals surface area contributed by atoms with Crippen LogP contribution in [0.15, 0.2) is 63.8 Å². The van der Waals surface area contributed by atoms with E-state index in [0.29, 0.717) is 22.2 Å². The molecule has 0 saturated heterocycles. The molecule has 0 radical (unpaired) electrons. The number of benzene rings is 2. The predicted molar refractivity (Wildman–Crippen MR) is 118 cm³/mol. The van der Waals surface area contributed by atoms with Gasteiger partial charge in [0, 0.05) is 34.3 Å². The van der Waals surface area contributed by atoms with Gasteiger partial charge in [-0.05, 0) is 31.2 Å². The number of anilines is 1. The molecule has 1 aromatic heterocycles. The van der Waals surface area contributed by atoms with Gasteiger partial charge in [-0.2, -0.15) is 0 Å². The first-order valence-corrected chi connectivity index (χ1v) is 10.0. The average molecular weight is 454 g/mol.